The molecule has 3 N–H and O–H groups in total. The van der Waals surface area contributed by atoms with Crippen LogP contribution < -0.4 is 10.6 Å². The van der Waals surface area contributed by atoms with Crippen molar-refractivity contribution >= 4 is 17.8 Å². The number of aromatic nitrogens is 2. The molecule has 0 atom stereocenters. The number of rotatable bonds is 4. The molecule has 0 unspecified atom stereocenters. The fourth-order valence-corrected chi connectivity index (χ4v) is 2.76. The number of hydrogen-bond donors (Lipinski definition) is 3. The van der Waals surface area contributed by atoms with Gasteiger partial charge in [0.1, 0.15) is 0 Å². The van der Waals surface area contributed by atoms with Crippen LogP contribution in [0.4, 0.5) is 10.6 Å². The summed E-state index contributed by atoms with van der Waals surface area (Å²) in [5.41, 5.74) is -0.835. The van der Waals surface area contributed by atoms with Gasteiger partial charge in [0, 0.05) is 25.9 Å². The molecule has 7 heteroatoms. The van der Waals surface area contributed by atoms with Crippen LogP contribution in [0, 0.1) is 5.41 Å². The maximum atomic E-state index is 11.9. The van der Waals surface area contributed by atoms with E-state index in [0.29, 0.717) is 18.7 Å². The Bertz CT molecular complexity index is 504. The Balaban J connectivity index is 1.92. The van der Waals surface area contributed by atoms with E-state index < -0.39 is 17.4 Å². The van der Waals surface area contributed by atoms with Crippen LogP contribution in [0.5, 0.6) is 0 Å². The molecule has 2 amide bonds. The van der Waals surface area contributed by atoms with E-state index >= 15 is 0 Å². The molecule has 1 aromatic rings. The molecule has 0 bridgehead atoms. The van der Waals surface area contributed by atoms with Gasteiger partial charge in [-0.25, -0.2) is 4.79 Å². The van der Waals surface area contributed by atoms with Gasteiger partial charge in [-0.3, -0.25) is 14.8 Å². The molecule has 2 rings (SSSR count). The molecule has 1 aliphatic carbocycles. The monoisotopic (exact) mass is 294 g/mol. The summed E-state index contributed by atoms with van der Waals surface area (Å²) in [6.07, 6.45) is 6.88. The molecule has 21 heavy (non-hydrogen) atoms. The van der Waals surface area contributed by atoms with E-state index in [4.69, 9.17) is 0 Å². The van der Waals surface area contributed by atoms with Gasteiger partial charge in [0.15, 0.2) is 5.82 Å². The number of aryl methyl sites for hydroxylation is 1. The number of urea groups is 1. The van der Waals surface area contributed by atoms with E-state index in [1.807, 2.05) is 0 Å². The molecule has 7 nitrogen and oxygen atoms in total. The highest BCUT2D eigenvalue weighted by Gasteiger charge is 2.38. The second-order valence-electron chi connectivity index (χ2n) is 5.68. The smallest absolute Gasteiger partial charge is 0.320 e. The van der Waals surface area contributed by atoms with Crippen molar-refractivity contribution in [3.05, 3.63) is 12.3 Å². The van der Waals surface area contributed by atoms with Crippen molar-refractivity contribution in [3.63, 3.8) is 0 Å². The van der Waals surface area contributed by atoms with Gasteiger partial charge in [0.25, 0.3) is 0 Å². The van der Waals surface area contributed by atoms with Crippen LogP contribution in [0.25, 0.3) is 0 Å². The number of aliphatic carboxylic acids is 1. The van der Waals surface area contributed by atoms with Crippen LogP contribution in [0.15, 0.2) is 12.3 Å². The minimum atomic E-state index is -0.835. The van der Waals surface area contributed by atoms with Crippen molar-refractivity contribution in [2.24, 2.45) is 12.5 Å². The van der Waals surface area contributed by atoms with Gasteiger partial charge < -0.3 is 10.4 Å². The summed E-state index contributed by atoms with van der Waals surface area (Å²) >= 11 is 0. The second-order valence-corrected chi connectivity index (χ2v) is 5.68. The molecule has 1 heterocycles. The van der Waals surface area contributed by atoms with Gasteiger partial charge in [0.2, 0.25) is 0 Å². The molecular weight excluding hydrogens is 272 g/mol. The predicted octanol–water partition coefficient (Wildman–Crippen LogP) is 1.97. The molecule has 1 fully saturated rings. The molecule has 116 valence electrons. The molecule has 1 aromatic heterocycles. The first-order valence-corrected chi connectivity index (χ1v) is 7.30. The van der Waals surface area contributed by atoms with Gasteiger partial charge in [-0.05, 0) is 12.8 Å². The van der Waals surface area contributed by atoms with Crippen molar-refractivity contribution in [1.29, 1.82) is 0 Å². The maximum Gasteiger partial charge on any atom is 0.320 e. The first-order chi connectivity index (χ1) is 10.0. The Morgan fingerprint density at radius 1 is 1.33 bits per heavy atom. The second kappa shape index (κ2) is 6.60. The number of carboxylic acid groups (broad SMARTS) is 1. The zero-order valence-corrected chi connectivity index (χ0v) is 12.3. The number of anilines is 1. The SMILES string of the molecule is Cn1ccc(NC(=O)NCC2(C(=O)O)CCCCCC2)n1. The number of carbonyl (C=O) groups excluding carboxylic acids is 1. The van der Waals surface area contributed by atoms with E-state index in [9.17, 15) is 14.7 Å². The highest BCUT2D eigenvalue weighted by atomic mass is 16.4. The highest BCUT2D eigenvalue weighted by molar-refractivity contribution is 5.88. The number of carbonyl (C=O) groups is 2. The average Bonchev–Trinajstić information content (AvgIpc) is 2.71. The van der Waals surface area contributed by atoms with E-state index in [-0.39, 0.29) is 6.54 Å². The molecule has 0 spiro atoms. The van der Waals surface area contributed by atoms with Gasteiger partial charge in [-0.2, -0.15) is 5.10 Å². The van der Waals surface area contributed by atoms with Crippen LogP contribution in [-0.2, 0) is 11.8 Å². The summed E-state index contributed by atoms with van der Waals surface area (Å²) in [6.45, 7) is 0.154. The summed E-state index contributed by atoms with van der Waals surface area (Å²) in [5, 5.41) is 18.9. The number of amides is 2. The van der Waals surface area contributed by atoms with E-state index in [1.54, 1.807) is 24.0 Å². The van der Waals surface area contributed by atoms with Gasteiger partial charge >= 0.3 is 12.0 Å². The minimum absolute atomic E-state index is 0.154. The fraction of sp³-hybridized carbons (Fsp3) is 0.643. The largest absolute Gasteiger partial charge is 0.481 e. The minimum Gasteiger partial charge on any atom is -0.481 e. The van der Waals surface area contributed by atoms with Crippen molar-refractivity contribution in [2.75, 3.05) is 11.9 Å². The number of carboxylic acids is 1. The van der Waals surface area contributed by atoms with Crippen molar-refractivity contribution in [3.8, 4) is 0 Å². The Hall–Kier alpha value is -2.05. The maximum absolute atomic E-state index is 11.9. The third kappa shape index (κ3) is 3.96. The molecule has 0 saturated heterocycles. The van der Waals surface area contributed by atoms with Gasteiger partial charge in [-0.1, -0.05) is 25.7 Å². The van der Waals surface area contributed by atoms with E-state index in [0.717, 1.165) is 25.7 Å². The third-order valence-corrected chi connectivity index (χ3v) is 4.06. The number of hydrogen-bond acceptors (Lipinski definition) is 3. The average molecular weight is 294 g/mol. The number of nitrogens with zero attached hydrogens (tertiary/aromatic N) is 2. The first kappa shape index (κ1) is 15.3. The highest BCUT2D eigenvalue weighted by Crippen LogP contribution is 2.34. The van der Waals surface area contributed by atoms with Crippen LogP contribution in [-0.4, -0.2) is 33.4 Å². The van der Waals surface area contributed by atoms with Crippen LogP contribution >= 0.6 is 0 Å². The van der Waals surface area contributed by atoms with Crippen molar-refractivity contribution < 1.29 is 14.7 Å². The lowest BCUT2D eigenvalue weighted by atomic mass is 9.80. The van der Waals surface area contributed by atoms with E-state index in [2.05, 4.69) is 15.7 Å². The summed E-state index contributed by atoms with van der Waals surface area (Å²) < 4.78 is 1.58. The van der Waals surface area contributed by atoms with E-state index in [1.165, 1.54) is 0 Å². The lowest BCUT2D eigenvalue weighted by Crippen LogP contribution is -2.44. The zero-order chi connectivity index (χ0) is 15.3. The van der Waals surface area contributed by atoms with Crippen LogP contribution in [0.1, 0.15) is 38.5 Å². The quantitative estimate of drug-likeness (QED) is 0.740. The van der Waals surface area contributed by atoms with Crippen molar-refractivity contribution in [2.45, 2.75) is 38.5 Å². The van der Waals surface area contributed by atoms with Crippen molar-refractivity contribution in [1.82, 2.24) is 15.1 Å². The van der Waals surface area contributed by atoms with Gasteiger partial charge in [-0.15, -0.1) is 0 Å². The first-order valence-electron chi connectivity index (χ1n) is 7.30. The molecule has 1 aliphatic rings. The lowest BCUT2D eigenvalue weighted by molar-refractivity contribution is -0.149. The number of nitrogens with one attached hydrogen (secondary N) is 2. The molecule has 0 aromatic carbocycles. The summed E-state index contributed by atoms with van der Waals surface area (Å²) in [6, 6.07) is 1.26. The topological polar surface area (TPSA) is 96.2 Å². The van der Waals surface area contributed by atoms with Crippen LogP contribution in [0.3, 0.4) is 0 Å². The summed E-state index contributed by atoms with van der Waals surface area (Å²) in [5.74, 6) is -0.372. The Morgan fingerprint density at radius 2 is 2.00 bits per heavy atom. The Labute approximate surface area is 123 Å². The standard InChI is InChI=1S/C14H22N4O3/c1-18-9-6-11(17-18)16-13(21)15-10-14(12(19)20)7-4-2-3-5-8-14/h6,9H,2-5,7-8,10H2,1H3,(H,19,20)(H2,15,16,17,21). The van der Waals surface area contributed by atoms with Gasteiger partial charge in [0.05, 0.1) is 5.41 Å². The molecule has 1 saturated carbocycles. The molecule has 0 aliphatic heterocycles. The Morgan fingerprint density at radius 3 is 2.52 bits per heavy atom. The summed E-state index contributed by atoms with van der Waals surface area (Å²) in [7, 11) is 1.76. The summed E-state index contributed by atoms with van der Waals surface area (Å²) in [4.78, 5) is 23.5. The van der Waals surface area contributed by atoms with Crippen LogP contribution in [0.2, 0.25) is 0 Å². The lowest BCUT2D eigenvalue weighted by Gasteiger charge is -2.28. The zero-order valence-electron chi connectivity index (χ0n) is 12.3. The fourth-order valence-electron chi connectivity index (χ4n) is 2.76. The predicted molar refractivity (Wildman–Crippen MR) is 78.0 cm³/mol. The normalized spacial score (nSPS) is 17.8. The third-order valence-electron chi connectivity index (χ3n) is 4.06. The molecule has 0 radical (unpaired) electrons. The molecular formula is C14H22N4O3. The Kier molecular flexibility index (Phi) is 4.82.